The molecule has 3 heteroatoms. The summed E-state index contributed by atoms with van der Waals surface area (Å²) in [5.74, 6) is 2.23. The van der Waals surface area contributed by atoms with Crippen molar-refractivity contribution in [2.24, 2.45) is 28.6 Å². The maximum Gasteiger partial charge on any atom is 0.389 e. The minimum Gasteiger partial charge on any atom is -0.171 e. The van der Waals surface area contributed by atoms with E-state index in [0.29, 0.717) is 17.8 Å². The lowest BCUT2D eigenvalue weighted by atomic mass is 9.47. The summed E-state index contributed by atoms with van der Waals surface area (Å²) < 4.78 is 37.9. The Bertz CT molecular complexity index is 534. The predicted molar refractivity (Wildman–Crippen MR) is 95.2 cm³/mol. The summed E-state index contributed by atoms with van der Waals surface area (Å²) in [4.78, 5) is 0. The SMILES string of the molecule is C[C@]12CCCCC1=CC[C@H]1[C@@H]3CCC[C@@]3(CCCC(F)(F)F)CC[C@@H]12. The quantitative estimate of drug-likeness (QED) is 0.462. The molecule has 4 aliphatic carbocycles. The number of hydrogen-bond donors (Lipinski definition) is 0. The summed E-state index contributed by atoms with van der Waals surface area (Å²) in [5, 5.41) is 0. The Morgan fingerprint density at radius 3 is 2.68 bits per heavy atom. The van der Waals surface area contributed by atoms with Crippen molar-refractivity contribution < 1.29 is 13.2 Å². The van der Waals surface area contributed by atoms with E-state index in [1.807, 2.05) is 0 Å². The molecule has 0 unspecified atom stereocenters. The lowest BCUT2D eigenvalue weighted by Crippen LogP contribution is -2.49. The van der Waals surface area contributed by atoms with Crippen LogP contribution in [0.2, 0.25) is 0 Å². The summed E-state index contributed by atoms with van der Waals surface area (Å²) in [5.41, 5.74) is 2.37. The van der Waals surface area contributed by atoms with Gasteiger partial charge in [0.05, 0.1) is 0 Å². The highest BCUT2D eigenvalue weighted by molar-refractivity contribution is 5.24. The summed E-state index contributed by atoms with van der Waals surface area (Å²) in [6.45, 7) is 2.51. The largest absolute Gasteiger partial charge is 0.389 e. The van der Waals surface area contributed by atoms with Crippen molar-refractivity contribution in [3.8, 4) is 0 Å². The molecule has 0 saturated heterocycles. The molecule has 0 aromatic rings. The third-order valence-electron chi connectivity index (χ3n) is 8.68. The van der Waals surface area contributed by atoms with Gasteiger partial charge in [-0.05, 0) is 92.8 Å². The van der Waals surface area contributed by atoms with Crippen molar-refractivity contribution in [2.45, 2.75) is 96.6 Å². The normalized spacial score (nSPS) is 43.8. The van der Waals surface area contributed by atoms with E-state index < -0.39 is 12.6 Å². The monoisotopic (exact) mass is 354 g/mol. The Hall–Kier alpha value is -0.470. The van der Waals surface area contributed by atoms with Crippen molar-refractivity contribution in [1.82, 2.24) is 0 Å². The van der Waals surface area contributed by atoms with Gasteiger partial charge in [-0.25, -0.2) is 0 Å². The highest BCUT2D eigenvalue weighted by Gasteiger charge is 2.56. The predicted octanol–water partition coefficient (Wildman–Crippen LogP) is 7.44. The third-order valence-corrected chi connectivity index (χ3v) is 8.68. The van der Waals surface area contributed by atoms with Gasteiger partial charge in [0.2, 0.25) is 0 Å². The molecule has 4 rings (SSSR count). The average molecular weight is 354 g/mol. The topological polar surface area (TPSA) is 0 Å². The van der Waals surface area contributed by atoms with Gasteiger partial charge in [0, 0.05) is 6.42 Å². The van der Waals surface area contributed by atoms with Crippen molar-refractivity contribution in [3.05, 3.63) is 11.6 Å². The Morgan fingerprint density at radius 1 is 1.04 bits per heavy atom. The van der Waals surface area contributed by atoms with Crippen LogP contribution in [-0.2, 0) is 0 Å². The number of alkyl halides is 3. The number of fused-ring (bicyclic) bond motifs is 5. The van der Waals surface area contributed by atoms with Crippen LogP contribution in [0.3, 0.4) is 0 Å². The zero-order chi connectivity index (χ0) is 17.7. The molecule has 3 fully saturated rings. The second-order valence-electron chi connectivity index (χ2n) is 9.73. The first-order valence-electron chi connectivity index (χ1n) is 10.6. The molecule has 4 aliphatic rings. The van der Waals surface area contributed by atoms with E-state index in [4.69, 9.17) is 0 Å². The minimum absolute atomic E-state index is 0.239. The fraction of sp³-hybridized carbons (Fsp3) is 0.909. The van der Waals surface area contributed by atoms with Gasteiger partial charge in [-0.1, -0.05) is 31.4 Å². The van der Waals surface area contributed by atoms with Crippen molar-refractivity contribution >= 4 is 0 Å². The fourth-order valence-electron chi connectivity index (χ4n) is 7.57. The number of halogens is 3. The van der Waals surface area contributed by atoms with Gasteiger partial charge in [0.1, 0.15) is 0 Å². The molecule has 0 N–H and O–H groups in total. The first kappa shape index (κ1) is 17.9. The lowest BCUT2D eigenvalue weighted by molar-refractivity contribution is -0.138. The van der Waals surface area contributed by atoms with Crippen LogP contribution in [0.4, 0.5) is 13.2 Å². The zero-order valence-electron chi connectivity index (χ0n) is 15.6. The fourth-order valence-corrected chi connectivity index (χ4v) is 7.57. The maximum absolute atomic E-state index is 12.6. The molecule has 0 heterocycles. The molecule has 0 bridgehead atoms. The van der Waals surface area contributed by atoms with Crippen LogP contribution in [0.5, 0.6) is 0 Å². The van der Waals surface area contributed by atoms with Crippen LogP contribution in [0.15, 0.2) is 11.6 Å². The zero-order valence-corrected chi connectivity index (χ0v) is 15.6. The van der Waals surface area contributed by atoms with Gasteiger partial charge in [0.15, 0.2) is 0 Å². The van der Waals surface area contributed by atoms with Crippen molar-refractivity contribution in [3.63, 3.8) is 0 Å². The number of rotatable bonds is 3. The van der Waals surface area contributed by atoms with Crippen molar-refractivity contribution in [2.75, 3.05) is 0 Å². The Labute approximate surface area is 150 Å². The lowest BCUT2D eigenvalue weighted by Gasteiger charge is -2.57. The second-order valence-corrected chi connectivity index (χ2v) is 9.73. The van der Waals surface area contributed by atoms with E-state index in [0.717, 1.165) is 18.3 Å². The Morgan fingerprint density at radius 2 is 1.88 bits per heavy atom. The molecule has 0 aromatic heterocycles. The summed E-state index contributed by atoms with van der Waals surface area (Å²) in [6, 6.07) is 0. The Balaban J connectivity index is 1.52. The molecule has 0 aromatic carbocycles. The molecule has 0 radical (unpaired) electrons. The second kappa shape index (κ2) is 6.30. The van der Waals surface area contributed by atoms with Gasteiger partial charge >= 0.3 is 6.18 Å². The number of allylic oxidation sites excluding steroid dienone is 2. The Kier molecular flexibility index (Phi) is 4.52. The average Bonchev–Trinajstić information content (AvgIpc) is 2.97. The van der Waals surface area contributed by atoms with Gasteiger partial charge in [-0.15, -0.1) is 0 Å². The van der Waals surface area contributed by atoms with Crippen molar-refractivity contribution in [1.29, 1.82) is 0 Å². The highest BCUT2D eigenvalue weighted by atomic mass is 19.4. The van der Waals surface area contributed by atoms with Crippen LogP contribution in [0, 0.1) is 28.6 Å². The smallest absolute Gasteiger partial charge is 0.171 e. The van der Waals surface area contributed by atoms with Crippen LogP contribution >= 0.6 is 0 Å². The minimum atomic E-state index is -3.99. The number of hydrogen-bond acceptors (Lipinski definition) is 0. The van der Waals surface area contributed by atoms with E-state index in [-0.39, 0.29) is 5.41 Å². The highest BCUT2D eigenvalue weighted by Crippen LogP contribution is 2.66. The van der Waals surface area contributed by atoms with Gasteiger partial charge in [-0.2, -0.15) is 13.2 Å². The molecule has 0 aliphatic heterocycles. The van der Waals surface area contributed by atoms with Gasteiger partial charge < -0.3 is 0 Å². The molecule has 3 saturated carbocycles. The van der Waals surface area contributed by atoms with E-state index >= 15 is 0 Å². The van der Waals surface area contributed by atoms with Gasteiger partial charge in [-0.3, -0.25) is 0 Å². The van der Waals surface area contributed by atoms with Crippen LogP contribution in [0.25, 0.3) is 0 Å². The van der Waals surface area contributed by atoms with E-state index in [2.05, 4.69) is 13.0 Å². The van der Waals surface area contributed by atoms with Crippen LogP contribution < -0.4 is 0 Å². The molecule has 5 atom stereocenters. The molecule has 142 valence electrons. The summed E-state index contributed by atoms with van der Waals surface area (Å²) >= 11 is 0. The summed E-state index contributed by atoms with van der Waals surface area (Å²) in [6.07, 6.45) is 11.9. The van der Waals surface area contributed by atoms with Gasteiger partial charge in [0.25, 0.3) is 0 Å². The van der Waals surface area contributed by atoms with Crippen LogP contribution in [-0.4, -0.2) is 6.18 Å². The first-order valence-corrected chi connectivity index (χ1v) is 10.6. The molecular formula is C22H33F3. The maximum atomic E-state index is 12.6. The molecule has 25 heavy (non-hydrogen) atoms. The summed E-state index contributed by atoms with van der Waals surface area (Å²) in [7, 11) is 0. The van der Waals surface area contributed by atoms with Crippen LogP contribution in [0.1, 0.15) is 90.4 Å². The standard InChI is InChI=1S/C22H33F3/c1-20-11-3-2-6-16(20)8-9-17-18(20)10-15-21(12-4-7-19(17)21)13-5-14-22(23,24)25/h8,17-19H,2-7,9-15H2,1H3/t17-,18+,19+,20+,21-/m1/s1. The molecule has 0 spiro atoms. The molecule has 0 nitrogen and oxygen atoms in total. The van der Waals surface area contributed by atoms with E-state index in [1.165, 1.54) is 64.2 Å². The third kappa shape index (κ3) is 3.08. The van der Waals surface area contributed by atoms with E-state index in [1.54, 1.807) is 5.57 Å². The molecule has 0 amide bonds. The van der Waals surface area contributed by atoms with E-state index in [9.17, 15) is 13.2 Å². The first-order chi connectivity index (χ1) is 11.8. The molecular weight excluding hydrogens is 321 g/mol.